The highest BCUT2D eigenvalue weighted by molar-refractivity contribution is 5.98. The lowest BCUT2D eigenvalue weighted by atomic mass is 10.0. The standard InChI is InChI=1S/C20H15NO2/c1-23-20(22)15-9-10-18-16(12-15)13-17(14-6-3-2-4-7-14)19-8-5-11-21(18)19/h2-13H,1H3. The van der Waals surface area contributed by atoms with Crippen molar-refractivity contribution in [2.75, 3.05) is 7.11 Å². The SMILES string of the molecule is COC(=O)c1ccc2c(c1)cc(-c1ccccc1)c1cccn12. The van der Waals surface area contributed by atoms with Crippen molar-refractivity contribution in [2.45, 2.75) is 0 Å². The van der Waals surface area contributed by atoms with Crippen molar-refractivity contribution < 1.29 is 9.53 Å². The summed E-state index contributed by atoms with van der Waals surface area (Å²) in [5.41, 5.74) is 5.07. The topological polar surface area (TPSA) is 30.7 Å². The third kappa shape index (κ3) is 2.18. The summed E-state index contributed by atoms with van der Waals surface area (Å²) in [4.78, 5) is 11.8. The average Bonchev–Trinajstić information content (AvgIpc) is 3.10. The number of carbonyl (C=O) groups excluding carboxylic acids is 1. The van der Waals surface area contributed by atoms with Crippen LogP contribution in [0.25, 0.3) is 27.5 Å². The molecule has 0 saturated heterocycles. The predicted octanol–water partition coefficient (Wildman–Crippen LogP) is 4.55. The Balaban J connectivity index is 2.05. The Hall–Kier alpha value is -3.07. The second-order valence-corrected chi connectivity index (χ2v) is 5.45. The molecule has 0 spiro atoms. The van der Waals surface area contributed by atoms with Gasteiger partial charge in [0, 0.05) is 17.1 Å². The maximum absolute atomic E-state index is 11.8. The molecule has 0 bridgehead atoms. The summed E-state index contributed by atoms with van der Waals surface area (Å²) >= 11 is 0. The third-order valence-electron chi connectivity index (χ3n) is 4.12. The van der Waals surface area contributed by atoms with E-state index in [1.54, 1.807) is 6.07 Å². The molecule has 0 aliphatic rings. The lowest BCUT2D eigenvalue weighted by Crippen LogP contribution is -2.01. The van der Waals surface area contributed by atoms with Crippen molar-refractivity contribution in [1.82, 2.24) is 4.40 Å². The summed E-state index contributed by atoms with van der Waals surface area (Å²) in [6, 6.07) is 22.2. The number of methoxy groups -OCH3 is 1. The first kappa shape index (κ1) is 13.6. The van der Waals surface area contributed by atoms with Gasteiger partial charge in [0.2, 0.25) is 0 Å². The number of carbonyl (C=O) groups is 1. The van der Waals surface area contributed by atoms with E-state index in [0.29, 0.717) is 5.56 Å². The number of aromatic nitrogens is 1. The third-order valence-corrected chi connectivity index (χ3v) is 4.12. The summed E-state index contributed by atoms with van der Waals surface area (Å²) in [5, 5.41) is 1.01. The zero-order valence-corrected chi connectivity index (χ0v) is 12.7. The molecule has 0 N–H and O–H groups in total. The fourth-order valence-corrected chi connectivity index (χ4v) is 3.02. The van der Waals surface area contributed by atoms with Crippen molar-refractivity contribution in [3.05, 3.63) is 78.5 Å². The number of ether oxygens (including phenoxy) is 1. The van der Waals surface area contributed by atoms with Crippen LogP contribution in [0.2, 0.25) is 0 Å². The van der Waals surface area contributed by atoms with E-state index >= 15 is 0 Å². The summed E-state index contributed by atoms with van der Waals surface area (Å²) in [5.74, 6) is -0.319. The molecule has 0 atom stereocenters. The highest BCUT2D eigenvalue weighted by Gasteiger charge is 2.11. The maximum Gasteiger partial charge on any atom is 0.337 e. The van der Waals surface area contributed by atoms with Gasteiger partial charge >= 0.3 is 5.97 Å². The van der Waals surface area contributed by atoms with E-state index in [4.69, 9.17) is 4.74 Å². The molecule has 4 rings (SSSR count). The lowest BCUT2D eigenvalue weighted by Gasteiger charge is -2.11. The van der Waals surface area contributed by atoms with Gasteiger partial charge < -0.3 is 9.14 Å². The number of hydrogen-bond donors (Lipinski definition) is 0. The molecule has 0 unspecified atom stereocenters. The van der Waals surface area contributed by atoms with Gasteiger partial charge in [-0.2, -0.15) is 0 Å². The number of hydrogen-bond acceptors (Lipinski definition) is 2. The molecule has 112 valence electrons. The first-order valence-corrected chi connectivity index (χ1v) is 7.45. The van der Waals surface area contributed by atoms with Gasteiger partial charge in [-0.05, 0) is 42.0 Å². The van der Waals surface area contributed by atoms with Gasteiger partial charge in [0.1, 0.15) is 0 Å². The molecular formula is C20H15NO2. The Morgan fingerprint density at radius 3 is 2.52 bits per heavy atom. The van der Waals surface area contributed by atoms with Gasteiger partial charge in [-0.1, -0.05) is 30.3 Å². The minimum atomic E-state index is -0.319. The molecule has 0 aliphatic heterocycles. The molecular weight excluding hydrogens is 286 g/mol. The van der Waals surface area contributed by atoms with Crippen LogP contribution in [0.4, 0.5) is 0 Å². The van der Waals surface area contributed by atoms with E-state index in [9.17, 15) is 4.79 Å². The zero-order valence-electron chi connectivity index (χ0n) is 12.7. The second-order valence-electron chi connectivity index (χ2n) is 5.45. The van der Waals surface area contributed by atoms with E-state index in [0.717, 1.165) is 27.5 Å². The molecule has 2 heterocycles. The van der Waals surface area contributed by atoms with E-state index < -0.39 is 0 Å². The molecule has 3 nitrogen and oxygen atoms in total. The quantitative estimate of drug-likeness (QED) is 0.509. The fourth-order valence-electron chi connectivity index (χ4n) is 3.02. The normalized spacial score (nSPS) is 11.0. The van der Waals surface area contributed by atoms with Gasteiger partial charge in [-0.3, -0.25) is 0 Å². The van der Waals surface area contributed by atoms with Crippen LogP contribution in [-0.2, 0) is 4.74 Å². The van der Waals surface area contributed by atoms with Crippen LogP contribution in [-0.4, -0.2) is 17.5 Å². The monoisotopic (exact) mass is 301 g/mol. The number of fused-ring (bicyclic) bond motifs is 3. The molecule has 23 heavy (non-hydrogen) atoms. The number of rotatable bonds is 2. The van der Waals surface area contributed by atoms with Crippen LogP contribution in [0, 0.1) is 0 Å². The van der Waals surface area contributed by atoms with E-state index in [2.05, 4.69) is 28.7 Å². The molecule has 0 fully saturated rings. The van der Waals surface area contributed by atoms with E-state index in [1.165, 1.54) is 7.11 Å². The van der Waals surface area contributed by atoms with Gasteiger partial charge in [-0.15, -0.1) is 0 Å². The minimum absolute atomic E-state index is 0.319. The van der Waals surface area contributed by atoms with Crippen molar-refractivity contribution in [1.29, 1.82) is 0 Å². The van der Waals surface area contributed by atoms with Crippen LogP contribution in [0.3, 0.4) is 0 Å². The number of nitrogens with zero attached hydrogens (tertiary/aromatic N) is 1. The predicted molar refractivity (Wildman–Crippen MR) is 91.7 cm³/mol. The highest BCUT2D eigenvalue weighted by Crippen LogP contribution is 2.30. The summed E-state index contributed by atoms with van der Waals surface area (Å²) in [6.07, 6.45) is 2.04. The van der Waals surface area contributed by atoms with Crippen LogP contribution >= 0.6 is 0 Å². The van der Waals surface area contributed by atoms with Crippen LogP contribution < -0.4 is 0 Å². The Labute approximate surface area is 133 Å². The van der Waals surface area contributed by atoms with Crippen molar-refractivity contribution in [3.8, 4) is 11.1 Å². The Morgan fingerprint density at radius 2 is 1.74 bits per heavy atom. The first-order chi connectivity index (χ1) is 11.3. The molecule has 0 saturated carbocycles. The Bertz CT molecular complexity index is 1020. The van der Waals surface area contributed by atoms with E-state index in [-0.39, 0.29) is 5.97 Å². The molecule has 3 heteroatoms. The largest absolute Gasteiger partial charge is 0.465 e. The molecule has 2 aromatic carbocycles. The van der Waals surface area contributed by atoms with Gasteiger partial charge in [0.15, 0.2) is 0 Å². The Kier molecular flexibility index (Phi) is 3.12. The number of esters is 1. The summed E-state index contributed by atoms with van der Waals surface area (Å²) in [6.45, 7) is 0. The molecule has 0 amide bonds. The first-order valence-electron chi connectivity index (χ1n) is 7.45. The van der Waals surface area contributed by atoms with Crippen molar-refractivity contribution in [3.63, 3.8) is 0 Å². The number of pyridine rings is 1. The Morgan fingerprint density at radius 1 is 0.913 bits per heavy atom. The molecule has 4 aromatic rings. The summed E-state index contributed by atoms with van der Waals surface area (Å²) < 4.78 is 6.98. The zero-order chi connectivity index (χ0) is 15.8. The van der Waals surface area contributed by atoms with Gasteiger partial charge in [-0.25, -0.2) is 4.79 Å². The molecule has 0 radical (unpaired) electrons. The maximum atomic E-state index is 11.8. The molecule has 2 aromatic heterocycles. The number of benzene rings is 2. The van der Waals surface area contributed by atoms with Crippen LogP contribution in [0.5, 0.6) is 0 Å². The molecule has 0 aliphatic carbocycles. The van der Waals surface area contributed by atoms with Gasteiger partial charge in [0.05, 0.1) is 23.7 Å². The average molecular weight is 301 g/mol. The second kappa shape index (κ2) is 5.29. The van der Waals surface area contributed by atoms with Crippen molar-refractivity contribution >= 4 is 22.4 Å². The van der Waals surface area contributed by atoms with Crippen LogP contribution in [0.1, 0.15) is 10.4 Å². The van der Waals surface area contributed by atoms with Gasteiger partial charge in [0.25, 0.3) is 0 Å². The van der Waals surface area contributed by atoms with Crippen molar-refractivity contribution in [2.24, 2.45) is 0 Å². The smallest absolute Gasteiger partial charge is 0.337 e. The minimum Gasteiger partial charge on any atom is -0.465 e. The van der Waals surface area contributed by atoms with Crippen LogP contribution in [0.15, 0.2) is 72.9 Å². The fraction of sp³-hybridized carbons (Fsp3) is 0.0500. The lowest BCUT2D eigenvalue weighted by molar-refractivity contribution is 0.0601. The van der Waals surface area contributed by atoms with E-state index in [1.807, 2.05) is 42.6 Å². The summed E-state index contributed by atoms with van der Waals surface area (Å²) in [7, 11) is 1.40. The highest BCUT2D eigenvalue weighted by atomic mass is 16.5.